The molecule has 4 heteroatoms. The third kappa shape index (κ3) is 4.97. The topological polar surface area (TPSA) is 50.7 Å². The van der Waals surface area contributed by atoms with Crippen molar-refractivity contribution in [3.63, 3.8) is 0 Å². The lowest BCUT2D eigenvalue weighted by molar-refractivity contribution is 0.103. The minimum Gasteiger partial charge on any atom is -0.496 e. The molecule has 0 aromatic heterocycles. The molecule has 3 rings (SSSR count). The number of hydrogen-bond donors (Lipinski definition) is 2. The predicted molar refractivity (Wildman–Crippen MR) is 99.4 cm³/mol. The first kappa shape index (κ1) is 17.8. The van der Waals surface area contributed by atoms with Crippen LogP contribution in [0.1, 0.15) is 24.0 Å². The molecule has 2 N–H and O–H groups in total. The molecule has 0 aliphatic heterocycles. The Morgan fingerprint density at radius 2 is 2.00 bits per heavy atom. The third-order valence-electron chi connectivity index (χ3n) is 4.72. The van der Waals surface area contributed by atoms with Gasteiger partial charge in [0.15, 0.2) is 0 Å². The molecule has 0 saturated heterocycles. The van der Waals surface area contributed by atoms with Crippen molar-refractivity contribution in [1.29, 1.82) is 0 Å². The molecule has 0 bridgehead atoms. The Kier molecular flexibility index (Phi) is 6.31. The number of aliphatic hydroxyl groups excluding tert-OH is 1. The van der Waals surface area contributed by atoms with Crippen LogP contribution in [0, 0.1) is 0 Å². The Balaban J connectivity index is 1.49. The number of aliphatic hydroxyl groups is 1. The molecule has 0 amide bonds. The van der Waals surface area contributed by atoms with Crippen LogP contribution >= 0.6 is 0 Å². The molecule has 1 aliphatic carbocycles. The van der Waals surface area contributed by atoms with Crippen LogP contribution in [0.15, 0.2) is 48.5 Å². The van der Waals surface area contributed by atoms with E-state index in [0.717, 1.165) is 37.2 Å². The Bertz CT molecular complexity index is 659. The first-order valence-corrected chi connectivity index (χ1v) is 9.00. The van der Waals surface area contributed by atoms with Crippen LogP contribution in [0.3, 0.4) is 0 Å². The van der Waals surface area contributed by atoms with E-state index in [1.165, 1.54) is 11.1 Å². The molecule has 134 valence electrons. The van der Waals surface area contributed by atoms with Gasteiger partial charge in [-0.15, -0.1) is 0 Å². The second-order valence-electron chi connectivity index (χ2n) is 6.58. The van der Waals surface area contributed by atoms with Crippen molar-refractivity contribution in [2.75, 3.05) is 20.3 Å². The molecule has 2 unspecified atom stereocenters. The van der Waals surface area contributed by atoms with Gasteiger partial charge in [0.05, 0.1) is 7.11 Å². The number of benzene rings is 2. The molecule has 0 spiro atoms. The van der Waals surface area contributed by atoms with E-state index in [-0.39, 0.29) is 0 Å². The SMILES string of the molecule is COc1cccc2c1CCCC(NCC(O)COc1ccccc1)C2. The van der Waals surface area contributed by atoms with Gasteiger partial charge in [-0.25, -0.2) is 0 Å². The predicted octanol–water partition coefficient (Wildman–Crippen LogP) is 2.97. The summed E-state index contributed by atoms with van der Waals surface area (Å²) in [6.07, 6.45) is 3.73. The lowest BCUT2D eigenvalue weighted by Gasteiger charge is -2.20. The van der Waals surface area contributed by atoms with Crippen LogP contribution in [-0.4, -0.2) is 37.5 Å². The number of para-hydroxylation sites is 1. The molecule has 0 heterocycles. The van der Waals surface area contributed by atoms with Crippen LogP contribution in [0.4, 0.5) is 0 Å². The summed E-state index contributed by atoms with van der Waals surface area (Å²) >= 11 is 0. The Morgan fingerprint density at radius 1 is 1.16 bits per heavy atom. The molecule has 2 atom stereocenters. The summed E-state index contributed by atoms with van der Waals surface area (Å²) in [5.74, 6) is 1.78. The third-order valence-corrected chi connectivity index (χ3v) is 4.72. The summed E-state index contributed by atoms with van der Waals surface area (Å²) in [6.45, 7) is 0.838. The second kappa shape index (κ2) is 8.88. The quantitative estimate of drug-likeness (QED) is 0.760. The summed E-state index contributed by atoms with van der Waals surface area (Å²) in [5, 5.41) is 13.7. The molecule has 25 heavy (non-hydrogen) atoms. The number of ether oxygens (including phenoxy) is 2. The second-order valence-corrected chi connectivity index (χ2v) is 6.58. The molecule has 4 nitrogen and oxygen atoms in total. The monoisotopic (exact) mass is 341 g/mol. The van der Waals surface area contributed by atoms with E-state index in [4.69, 9.17) is 9.47 Å². The van der Waals surface area contributed by atoms with Crippen LogP contribution in [-0.2, 0) is 12.8 Å². The van der Waals surface area contributed by atoms with Crippen molar-refractivity contribution in [3.05, 3.63) is 59.7 Å². The summed E-state index contributed by atoms with van der Waals surface area (Å²) < 4.78 is 11.1. The van der Waals surface area contributed by atoms with Crippen molar-refractivity contribution in [1.82, 2.24) is 5.32 Å². The number of nitrogens with one attached hydrogen (secondary N) is 1. The van der Waals surface area contributed by atoms with E-state index in [1.54, 1.807) is 7.11 Å². The zero-order valence-corrected chi connectivity index (χ0v) is 14.8. The van der Waals surface area contributed by atoms with Gasteiger partial charge in [-0.1, -0.05) is 30.3 Å². The molecule has 2 aromatic rings. The lowest BCUT2D eigenvalue weighted by Crippen LogP contribution is -2.39. The van der Waals surface area contributed by atoms with Crippen LogP contribution < -0.4 is 14.8 Å². The minimum atomic E-state index is -0.520. The Morgan fingerprint density at radius 3 is 2.80 bits per heavy atom. The Hall–Kier alpha value is -2.04. The van der Waals surface area contributed by atoms with E-state index in [1.807, 2.05) is 36.4 Å². The van der Waals surface area contributed by atoms with E-state index < -0.39 is 6.10 Å². The first-order chi connectivity index (χ1) is 12.3. The van der Waals surface area contributed by atoms with Gasteiger partial charge < -0.3 is 19.9 Å². The van der Waals surface area contributed by atoms with Crippen LogP contribution in [0.5, 0.6) is 11.5 Å². The number of hydrogen-bond acceptors (Lipinski definition) is 4. The van der Waals surface area contributed by atoms with Gasteiger partial charge in [0.1, 0.15) is 24.2 Å². The van der Waals surface area contributed by atoms with Gasteiger partial charge >= 0.3 is 0 Å². The van der Waals surface area contributed by atoms with Crippen molar-refractivity contribution in [2.24, 2.45) is 0 Å². The van der Waals surface area contributed by atoms with Crippen molar-refractivity contribution in [3.8, 4) is 11.5 Å². The maximum Gasteiger partial charge on any atom is 0.122 e. The fourth-order valence-corrected chi connectivity index (χ4v) is 3.42. The standard InChI is InChI=1S/C21H27NO3/c1-24-21-12-5-7-16-13-17(8-6-11-20(16)21)22-14-18(23)15-25-19-9-3-2-4-10-19/h2-5,7,9-10,12,17-18,22-23H,6,8,11,13-15H2,1H3. The van der Waals surface area contributed by atoms with Crippen molar-refractivity contribution < 1.29 is 14.6 Å². The highest BCUT2D eigenvalue weighted by molar-refractivity contribution is 5.41. The van der Waals surface area contributed by atoms with Gasteiger partial charge in [0.2, 0.25) is 0 Å². The molecule has 0 radical (unpaired) electrons. The first-order valence-electron chi connectivity index (χ1n) is 9.00. The smallest absolute Gasteiger partial charge is 0.122 e. The van der Waals surface area contributed by atoms with Gasteiger partial charge in [0, 0.05) is 12.6 Å². The highest BCUT2D eigenvalue weighted by Crippen LogP contribution is 2.28. The number of rotatable bonds is 7. The fraction of sp³-hybridized carbons (Fsp3) is 0.429. The highest BCUT2D eigenvalue weighted by atomic mass is 16.5. The summed E-state index contributed by atoms with van der Waals surface area (Å²) in [7, 11) is 1.74. The minimum absolute atomic E-state index is 0.300. The Labute approximate surface area is 149 Å². The van der Waals surface area contributed by atoms with Crippen molar-refractivity contribution >= 4 is 0 Å². The number of methoxy groups -OCH3 is 1. The molecule has 0 saturated carbocycles. The highest BCUT2D eigenvalue weighted by Gasteiger charge is 2.19. The average Bonchev–Trinajstić information content (AvgIpc) is 2.87. The van der Waals surface area contributed by atoms with E-state index in [9.17, 15) is 5.11 Å². The zero-order chi connectivity index (χ0) is 17.5. The molecule has 1 aliphatic rings. The summed E-state index contributed by atoms with van der Waals surface area (Å²) in [4.78, 5) is 0. The normalized spacial score (nSPS) is 18.1. The number of fused-ring (bicyclic) bond motifs is 1. The summed E-state index contributed by atoms with van der Waals surface area (Å²) in [6, 6.07) is 16.3. The van der Waals surface area contributed by atoms with Crippen molar-refractivity contribution in [2.45, 2.75) is 37.8 Å². The summed E-state index contributed by atoms with van der Waals surface area (Å²) in [5.41, 5.74) is 2.69. The van der Waals surface area contributed by atoms with Gasteiger partial charge in [-0.3, -0.25) is 0 Å². The fourth-order valence-electron chi connectivity index (χ4n) is 3.42. The maximum absolute atomic E-state index is 10.2. The van der Waals surface area contributed by atoms with Gasteiger partial charge in [-0.05, 0) is 55.0 Å². The van der Waals surface area contributed by atoms with E-state index in [2.05, 4.69) is 17.4 Å². The molecule has 2 aromatic carbocycles. The molecular weight excluding hydrogens is 314 g/mol. The van der Waals surface area contributed by atoms with E-state index >= 15 is 0 Å². The van der Waals surface area contributed by atoms with Gasteiger partial charge in [-0.2, -0.15) is 0 Å². The maximum atomic E-state index is 10.2. The lowest BCUT2D eigenvalue weighted by atomic mass is 10.0. The largest absolute Gasteiger partial charge is 0.496 e. The van der Waals surface area contributed by atoms with Crippen LogP contribution in [0.25, 0.3) is 0 Å². The van der Waals surface area contributed by atoms with E-state index in [0.29, 0.717) is 19.2 Å². The van der Waals surface area contributed by atoms with Gasteiger partial charge in [0.25, 0.3) is 0 Å². The molecular formula is C21H27NO3. The molecule has 0 fully saturated rings. The van der Waals surface area contributed by atoms with Crippen LogP contribution in [0.2, 0.25) is 0 Å². The average molecular weight is 341 g/mol. The zero-order valence-electron chi connectivity index (χ0n) is 14.8.